The molecule has 10 heteroatoms. The van der Waals surface area contributed by atoms with Crippen LogP contribution in [0.1, 0.15) is 47.5 Å². The zero-order valence-electron chi connectivity index (χ0n) is 20.7. The molecule has 1 N–H and O–H groups in total. The lowest BCUT2D eigenvalue weighted by Crippen LogP contribution is -2.60. The number of carbonyl (C=O) groups is 3. The van der Waals surface area contributed by atoms with Crippen LogP contribution in [0.2, 0.25) is 0 Å². The quantitative estimate of drug-likeness (QED) is 0.461. The third-order valence-corrected chi connectivity index (χ3v) is 9.35. The van der Waals surface area contributed by atoms with Gasteiger partial charge in [-0.1, -0.05) is 27.7 Å². The van der Waals surface area contributed by atoms with E-state index in [1.165, 1.54) is 21.1 Å². The van der Waals surface area contributed by atoms with Crippen LogP contribution in [0, 0.1) is 34.0 Å². The standard InChI is InChI=1S/C24H34O10/c1-10(17(26)30-7)12-8-9-22-15-13(31-11(2)25)14(21(3,4)5)23(22)16(29-6)18(27)33-20(23)34-24(12,22)19(28)32-15/h10,12-16,19-20,28H,8-9H2,1-7H3/t10?,12-,13-,14+,15?,16+,19-,20?,22?,23?,24?/m1/s1. The zero-order valence-corrected chi connectivity index (χ0v) is 20.7. The highest BCUT2D eigenvalue weighted by Gasteiger charge is 2.97. The van der Waals surface area contributed by atoms with Gasteiger partial charge in [0.1, 0.15) is 17.8 Å². The van der Waals surface area contributed by atoms with Crippen LogP contribution in [-0.2, 0) is 42.8 Å². The van der Waals surface area contributed by atoms with Gasteiger partial charge < -0.3 is 33.5 Å². The van der Waals surface area contributed by atoms with Crippen molar-refractivity contribution in [1.29, 1.82) is 0 Å². The molecule has 3 saturated heterocycles. The minimum atomic E-state index is -1.42. The van der Waals surface area contributed by atoms with E-state index in [-0.39, 0.29) is 0 Å². The Morgan fingerprint density at radius 2 is 1.91 bits per heavy atom. The Bertz CT molecular complexity index is 927. The van der Waals surface area contributed by atoms with E-state index in [1.807, 2.05) is 20.8 Å². The predicted molar refractivity (Wildman–Crippen MR) is 113 cm³/mol. The largest absolute Gasteiger partial charge is 0.469 e. The third kappa shape index (κ3) is 2.34. The van der Waals surface area contributed by atoms with E-state index in [9.17, 15) is 19.5 Å². The summed E-state index contributed by atoms with van der Waals surface area (Å²) in [6, 6.07) is 0. The molecule has 2 spiro atoms. The van der Waals surface area contributed by atoms with Crippen LogP contribution >= 0.6 is 0 Å². The molecule has 0 aromatic carbocycles. The van der Waals surface area contributed by atoms with Crippen molar-refractivity contribution in [3.8, 4) is 0 Å². The number of hydrogen-bond acceptors (Lipinski definition) is 10. The molecule has 3 aliphatic heterocycles. The van der Waals surface area contributed by atoms with Gasteiger partial charge in [-0.3, -0.25) is 9.59 Å². The number of aliphatic hydroxyl groups excluding tert-OH is 1. The van der Waals surface area contributed by atoms with E-state index in [0.29, 0.717) is 12.8 Å². The normalized spacial score (nSPS) is 49.3. The van der Waals surface area contributed by atoms with Gasteiger partial charge in [0.15, 0.2) is 12.4 Å². The van der Waals surface area contributed by atoms with Crippen molar-refractivity contribution in [1.82, 2.24) is 0 Å². The first-order valence-corrected chi connectivity index (χ1v) is 11.9. The Hall–Kier alpha value is -1.75. The molecule has 6 unspecified atom stereocenters. The first kappa shape index (κ1) is 24.0. The Labute approximate surface area is 198 Å². The van der Waals surface area contributed by atoms with Crippen LogP contribution in [0.5, 0.6) is 0 Å². The highest BCUT2D eigenvalue weighted by atomic mass is 16.8. The van der Waals surface area contributed by atoms with Crippen LogP contribution in [0.4, 0.5) is 0 Å². The molecule has 0 amide bonds. The van der Waals surface area contributed by atoms with Crippen molar-refractivity contribution in [2.45, 2.75) is 84.0 Å². The molecule has 5 aliphatic rings. The van der Waals surface area contributed by atoms with Gasteiger partial charge in [-0.25, -0.2) is 4.79 Å². The molecule has 34 heavy (non-hydrogen) atoms. The molecule has 2 saturated carbocycles. The third-order valence-electron chi connectivity index (χ3n) is 9.35. The summed E-state index contributed by atoms with van der Waals surface area (Å²) in [6.07, 6.45) is -4.05. The average Bonchev–Trinajstić information content (AvgIpc) is 3.41. The fourth-order valence-corrected chi connectivity index (χ4v) is 8.81. The van der Waals surface area contributed by atoms with E-state index in [2.05, 4.69) is 0 Å². The number of carbonyl (C=O) groups excluding carboxylic acids is 3. The minimum absolute atomic E-state index is 0.427. The van der Waals surface area contributed by atoms with E-state index in [4.69, 9.17) is 28.4 Å². The fourth-order valence-electron chi connectivity index (χ4n) is 8.81. The molecular formula is C24H34O10. The molecule has 0 radical (unpaired) electrons. The van der Waals surface area contributed by atoms with Crippen LogP contribution in [0.15, 0.2) is 0 Å². The predicted octanol–water partition coefficient (Wildman–Crippen LogP) is 1.17. The van der Waals surface area contributed by atoms with Gasteiger partial charge in [-0.2, -0.15) is 0 Å². The van der Waals surface area contributed by atoms with Gasteiger partial charge in [0, 0.05) is 25.9 Å². The Morgan fingerprint density at radius 3 is 2.47 bits per heavy atom. The lowest BCUT2D eigenvalue weighted by atomic mass is 9.51. The summed E-state index contributed by atoms with van der Waals surface area (Å²) in [5.74, 6) is -3.03. The van der Waals surface area contributed by atoms with Crippen LogP contribution < -0.4 is 0 Å². The Kier molecular flexibility index (Phi) is 5.04. The second-order valence-electron chi connectivity index (χ2n) is 11.5. The second-order valence-corrected chi connectivity index (χ2v) is 11.5. The fraction of sp³-hybridized carbons (Fsp3) is 0.875. The monoisotopic (exact) mass is 482 g/mol. The number of ether oxygens (including phenoxy) is 6. The molecule has 11 atom stereocenters. The molecule has 10 nitrogen and oxygen atoms in total. The molecule has 0 bridgehead atoms. The van der Waals surface area contributed by atoms with Gasteiger partial charge in [-0.05, 0) is 18.3 Å². The molecule has 5 fully saturated rings. The number of esters is 3. The van der Waals surface area contributed by atoms with Gasteiger partial charge in [0.2, 0.25) is 6.29 Å². The highest BCUT2D eigenvalue weighted by molar-refractivity contribution is 5.80. The topological polar surface area (TPSA) is 127 Å². The molecular weight excluding hydrogens is 448 g/mol. The van der Waals surface area contributed by atoms with Crippen molar-refractivity contribution < 1.29 is 47.9 Å². The average molecular weight is 483 g/mol. The van der Waals surface area contributed by atoms with Crippen LogP contribution in [0.25, 0.3) is 0 Å². The Balaban J connectivity index is 1.80. The highest BCUT2D eigenvalue weighted by Crippen LogP contribution is 2.84. The maximum atomic E-state index is 13.1. The molecule has 3 heterocycles. The summed E-state index contributed by atoms with van der Waals surface area (Å²) in [6.45, 7) is 9.10. The number of hydrogen-bond donors (Lipinski definition) is 1. The lowest BCUT2D eigenvalue weighted by Gasteiger charge is -2.48. The van der Waals surface area contributed by atoms with Gasteiger partial charge in [0.05, 0.1) is 23.9 Å². The molecule has 5 rings (SSSR count). The van der Waals surface area contributed by atoms with E-state index >= 15 is 0 Å². The van der Waals surface area contributed by atoms with Crippen molar-refractivity contribution in [3.63, 3.8) is 0 Å². The molecule has 190 valence electrons. The Morgan fingerprint density at radius 1 is 1.24 bits per heavy atom. The van der Waals surface area contributed by atoms with Crippen molar-refractivity contribution >= 4 is 17.9 Å². The van der Waals surface area contributed by atoms with E-state index < -0.39 is 88.4 Å². The summed E-state index contributed by atoms with van der Waals surface area (Å²) in [7, 11) is 2.77. The summed E-state index contributed by atoms with van der Waals surface area (Å²) >= 11 is 0. The van der Waals surface area contributed by atoms with E-state index in [1.54, 1.807) is 6.92 Å². The summed E-state index contributed by atoms with van der Waals surface area (Å²) in [4.78, 5) is 38.0. The lowest BCUT2D eigenvalue weighted by molar-refractivity contribution is -0.253. The summed E-state index contributed by atoms with van der Waals surface area (Å²) in [5, 5.41) is 11.4. The van der Waals surface area contributed by atoms with Crippen molar-refractivity contribution in [3.05, 3.63) is 0 Å². The maximum Gasteiger partial charge on any atom is 0.338 e. The number of rotatable bonds is 4. The van der Waals surface area contributed by atoms with Crippen molar-refractivity contribution in [2.24, 2.45) is 34.0 Å². The van der Waals surface area contributed by atoms with Gasteiger partial charge in [-0.15, -0.1) is 0 Å². The van der Waals surface area contributed by atoms with Crippen LogP contribution in [0.3, 0.4) is 0 Å². The van der Waals surface area contributed by atoms with E-state index in [0.717, 1.165) is 0 Å². The summed E-state index contributed by atoms with van der Waals surface area (Å²) in [5.41, 5.74) is -3.97. The first-order valence-electron chi connectivity index (χ1n) is 11.9. The molecule has 0 aromatic rings. The zero-order chi connectivity index (χ0) is 25.0. The number of methoxy groups -OCH3 is 2. The smallest absolute Gasteiger partial charge is 0.338 e. The summed E-state index contributed by atoms with van der Waals surface area (Å²) < 4.78 is 35.4. The second kappa shape index (κ2) is 7.15. The van der Waals surface area contributed by atoms with Gasteiger partial charge >= 0.3 is 17.9 Å². The van der Waals surface area contributed by atoms with Crippen LogP contribution in [-0.4, -0.2) is 73.7 Å². The van der Waals surface area contributed by atoms with Crippen molar-refractivity contribution in [2.75, 3.05) is 14.2 Å². The molecule has 0 aromatic heterocycles. The first-order chi connectivity index (χ1) is 15.9. The number of aliphatic hydroxyl groups is 1. The molecule has 2 aliphatic carbocycles. The SMILES string of the molecule is COC(=O)C(C)[C@H]1CCC23C4O[C@@H](O)C12OC1OC(=O)[C@H](OC)C13[C@H](C(C)(C)C)[C@H]4OC(C)=O. The maximum absolute atomic E-state index is 13.1. The van der Waals surface area contributed by atoms with Gasteiger partial charge in [0.25, 0.3) is 0 Å². The minimum Gasteiger partial charge on any atom is -0.469 e.